The van der Waals surface area contributed by atoms with Crippen molar-refractivity contribution < 1.29 is 0 Å². The minimum Gasteiger partial charge on any atom is -0.306 e. The van der Waals surface area contributed by atoms with Crippen molar-refractivity contribution in [3.8, 4) is 0 Å². The SMILES string of the molecule is CC.CCCn1c(=O)[nH]c2ccccc21. The van der Waals surface area contributed by atoms with Crippen LogP contribution in [0.1, 0.15) is 27.2 Å². The standard InChI is InChI=1S/C10H12N2O.C2H6/c1-2-7-12-9-6-4-3-5-8(9)11-10(12)13;1-2/h3-6H,2,7H2,1H3,(H,11,13);1-2H3. The Morgan fingerprint density at radius 1 is 1.27 bits per heavy atom. The van der Waals surface area contributed by atoms with E-state index in [1.807, 2.05) is 38.1 Å². The molecule has 2 rings (SSSR count). The highest BCUT2D eigenvalue weighted by Gasteiger charge is 2.03. The lowest BCUT2D eigenvalue weighted by Gasteiger charge is -1.98. The minimum absolute atomic E-state index is 0.0111. The third-order valence-electron chi connectivity index (χ3n) is 2.13. The number of imidazole rings is 1. The summed E-state index contributed by atoms with van der Waals surface area (Å²) < 4.78 is 1.77. The Labute approximate surface area is 89.7 Å². The molecule has 2 aromatic rings. The Kier molecular flexibility index (Phi) is 4.16. The highest BCUT2D eigenvalue weighted by molar-refractivity contribution is 5.74. The lowest BCUT2D eigenvalue weighted by Crippen LogP contribution is -2.16. The van der Waals surface area contributed by atoms with E-state index in [9.17, 15) is 4.79 Å². The van der Waals surface area contributed by atoms with Gasteiger partial charge in [0.15, 0.2) is 0 Å². The minimum atomic E-state index is -0.0111. The van der Waals surface area contributed by atoms with Crippen molar-refractivity contribution >= 4 is 11.0 Å². The van der Waals surface area contributed by atoms with Crippen molar-refractivity contribution in [3.63, 3.8) is 0 Å². The molecular formula is C12H18N2O. The quantitative estimate of drug-likeness (QED) is 0.806. The van der Waals surface area contributed by atoms with E-state index in [0.717, 1.165) is 24.0 Å². The third-order valence-corrected chi connectivity index (χ3v) is 2.13. The molecule has 15 heavy (non-hydrogen) atoms. The molecule has 1 aromatic heterocycles. The average molecular weight is 206 g/mol. The molecule has 1 heterocycles. The number of hydrogen-bond donors (Lipinski definition) is 1. The van der Waals surface area contributed by atoms with Crippen LogP contribution < -0.4 is 5.69 Å². The predicted molar refractivity (Wildman–Crippen MR) is 64.2 cm³/mol. The number of aromatic nitrogens is 2. The van der Waals surface area contributed by atoms with Crippen LogP contribution in [-0.2, 0) is 6.54 Å². The lowest BCUT2D eigenvalue weighted by atomic mass is 10.3. The number of benzene rings is 1. The molecule has 0 aliphatic heterocycles. The topological polar surface area (TPSA) is 37.8 Å². The molecule has 0 aliphatic rings. The number of aromatic amines is 1. The number of H-pyrrole nitrogens is 1. The molecule has 0 saturated heterocycles. The summed E-state index contributed by atoms with van der Waals surface area (Å²) in [7, 11) is 0. The molecule has 0 atom stereocenters. The normalized spacial score (nSPS) is 9.80. The van der Waals surface area contributed by atoms with Gasteiger partial charge in [0.25, 0.3) is 0 Å². The zero-order valence-corrected chi connectivity index (χ0v) is 9.58. The number of aryl methyl sites for hydroxylation is 1. The van der Waals surface area contributed by atoms with Crippen LogP contribution in [0.15, 0.2) is 29.1 Å². The first-order chi connectivity index (χ1) is 7.33. The molecule has 0 aliphatic carbocycles. The van der Waals surface area contributed by atoms with Crippen LogP contribution >= 0.6 is 0 Å². The van der Waals surface area contributed by atoms with E-state index >= 15 is 0 Å². The Morgan fingerprint density at radius 3 is 2.60 bits per heavy atom. The summed E-state index contributed by atoms with van der Waals surface area (Å²) in [5.41, 5.74) is 1.90. The van der Waals surface area contributed by atoms with Crippen molar-refractivity contribution in [1.29, 1.82) is 0 Å². The summed E-state index contributed by atoms with van der Waals surface area (Å²) in [4.78, 5) is 14.3. The molecule has 0 fully saturated rings. The second-order valence-corrected chi connectivity index (χ2v) is 3.10. The molecule has 0 bridgehead atoms. The molecule has 0 radical (unpaired) electrons. The largest absolute Gasteiger partial charge is 0.326 e. The van der Waals surface area contributed by atoms with Gasteiger partial charge in [-0.3, -0.25) is 4.57 Å². The maximum Gasteiger partial charge on any atom is 0.326 e. The Hall–Kier alpha value is -1.51. The van der Waals surface area contributed by atoms with Gasteiger partial charge in [0.2, 0.25) is 0 Å². The van der Waals surface area contributed by atoms with Crippen LogP contribution in [0.4, 0.5) is 0 Å². The molecular weight excluding hydrogens is 188 g/mol. The van der Waals surface area contributed by atoms with Gasteiger partial charge >= 0.3 is 5.69 Å². The van der Waals surface area contributed by atoms with Gasteiger partial charge in [0, 0.05) is 6.54 Å². The van der Waals surface area contributed by atoms with Crippen molar-refractivity contribution in [1.82, 2.24) is 9.55 Å². The highest BCUT2D eigenvalue weighted by atomic mass is 16.1. The van der Waals surface area contributed by atoms with Gasteiger partial charge < -0.3 is 4.98 Å². The first-order valence-electron chi connectivity index (χ1n) is 5.50. The predicted octanol–water partition coefficient (Wildman–Crippen LogP) is 2.77. The van der Waals surface area contributed by atoms with Crippen molar-refractivity contribution in [3.05, 3.63) is 34.7 Å². The van der Waals surface area contributed by atoms with Crippen molar-refractivity contribution in [2.75, 3.05) is 0 Å². The zero-order valence-electron chi connectivity index (χ0n) is 9.58. The van der Waals surface area contributed by atoms with Crippen LogP contribution in [0.25, 0.3) is 11.0 Å². The van der Waals surface area contributed by atoms with Gasteiger partial charge in [-0.05, 0) is 18.6 Å². The fraction of sp³-hybridized carbons (Fsp3) is 0.417. The van der Waals surface area contributed by atoms with Crippen LogP contribution in [0.2, 0.25) is 0 Å². The van der Waals surface area contributed by atoms with Gasteiger partial charge in [0.05, 0.1) is 11.0 Å². The van der Waals surface area contributed by atoms with E-state index in [0.29, 0.717) is 0 Å². The number of para-hydroxylation sites is 2. The maximum absolute atomic E-state index is 11.4. The van der Waals surface area contributed by atoms with Gasteiger partial charge in [0.1, 0.15) is 0 Å². The van der Waals surface area contributed by atoms with Crippen molar-refractivity contribution in [2.24, 2.45) is 0 Å². The second-order valence-electron chi connectivity index (χ2n) is 3.10. The molecule has 1 aromatic carbocycles. The molecule has 0 unspecified atom stereocenters. The van der Waals surface area contributed by atoms with Crippen LogP contribution in [0, 0.1) is 0 Å². The summed E-state index contributed by atoms with van der Waals surface area (Å²) in [5, 5.41) is 0. The van der Waals surface area contributed by atoms with Crippen molar-refractivity contribution in [2.45, 2.75) is 33.7 Å². The molecule has 3 heteroatoms. The summed E-state index contributed by atoms with van der Waals surface area (Å²) in [6, 6.07) is 7.75. The van der Waals surface area contributed by atoms with E-state index in [1.165, 1.54) is 0 Å². The Morgan fingerprint density at radius 2 is 1.93 bits per heavy atom. The number of rotatable bonds is 2. The fourth-order valence-corrected chi connectivity index (χ4v) is 1.55. The lowest BCUT2D eigenvalue weighted by molar-refractivity contribution is 0.674. The fourth-order valence-electron chi connectivity index (χ4n) is 1.55. The molecule has 82 valence electrons. The molecule has 1 N–H and O–H groups in total. The Balaban J connectivity index is 0.000000531. The summed E-state index contributed by atoms with van der Waals surface area (Å²) >= 11 is 0. The maximum atomic E-state index is 11.4. The average Bonchev–Trinajstić information content (AvgIpc) is 2.59. The number of fused-ring (bicyclic) bond motifs is 1. The van der Waals surface area contributed by atoms with Gasteiger partial charge in [-0.1, -0.05) is 32.9 Å². The zero-order chi connectivity index (χ0) is 11.3. The van der Waals surface area contributed by atoms with Gasteiger partial charge in [-0.25, -0.2) is 4.79 Å². The number of hydrogen-bond acceptors (Lipinski definition) is 1. The van der Waals surface area contributed by atoms with E-state index in [2.05, 4.69) is 11.9 Å². The number of nitrogens with one attached hydrogen (secondary N) is 1. The van der Waals surface area contributed by atoms with E-state index in [-0.39, 0.29) is 5.69 Å². The Bertz CT molecular complexity index is 468. The molecule has 0 amide bonds. The van der Waals surface area contributed by atoms with Crippen LogP contribution in [0.3, 0.4) is 0 Å². The van der Waals surface area contributed by atoms with E-state index in [1.54, 1.807) is 4.57 Å². The molecule has 0 saturated carbocycles. The van der Waals surface area contributed by atoms with Crippen LogP contribution in [-0.4, -0.2) is 9.55 Å². The summed E-state index contributed by atoms with van der Waals surface area (Å²) in [6.45, 7) is 6.84. The molecule has 3 nitrogen and oxygen atoms in total. The number of nitrogens with zero attached hydrogens (tertiary/aromatic N) is 1. The highest BCUT2D eigenvalue weighted by Crippen LogP contribution is 2.08. The first-order valence-corrected chi connectivity index (χ1v) is 5.50. The summed E-state index contributed by atoms with van der Waals surface area (Å²) in [6.07, 6.45) is 0.974. The van der Waals surface area contributed by atoms with Crippen LogP contribution in [0.5, 0.6) is 0 Å². The summed E-state index contributed by atoms with van der Waals surface area (Å²) in [5.74, 6) is 0. The second kappa shape index (κ2) is 5.39. The van der Waals surface area contributed by atoms with Gasteiger partial charge in [-0.2, -0.15) is 0 Å². The van der Waals surface area contributed by atoms with Gasteiger partial charge in [-0.15, -0.1) is 0 Å². The first kappa shape index (κ1) is 11.6. The third kappa shape index (κ3) is 2.29. The monoisotopic (exact) mass is 206 g/mol. The van der Waals surface area contributed by atoms with E-state index < -0.39 is 0 Å². The molecule has 0 spiro atoms. The van der Waals surface area contributed by atoms with E-state index in [4.69, 9.17) is 0 Å². The smallest absolute Gasteiger partial charge is 0.306 e.